The fraction of sp³-hybridized carbons (Fsp3) is 0.684. The number of carbonyl (C=O) groups excluding carboxylic acids is 3. The van der Waals surface area contributed by atoms with Crippen molar-refractivity contribution in [3.63, 3.8) is 0 Å². The van der Waals surface area contributed by atoms with Gasteiger partial charge < -0.3 is 14.8 Å². The summed E-state index contributed by atoms with van der Waals surface area (Å²) in [7, 11) is -4.14. The number of esters is 2. The molecule has 1 aromatic rings. The molecule has 0 bridgehead atoms. The van der Waals surface area contributed by atoms with Gasteiger partial charge in [0.1, 0.15) is 6.61 Å². The standard InChI is InChI=1S/C19H29N2O9PS/c1-18(2,3)17(24)27-12-29-31(25)28-10-19(4,5)15(30-31)16(23)21-7-6-14(22)26-9-13-8-20-11-32-13/h8,11,15H,6-7,9-10,12H2,1-5H3,(H,21,23)/t15-,31+/m0/s1. The lowest BCUT2D eigenvalue weighted by molar-refractivity contribution is -0.163. The second kappa shape index (κ2) is 10.8. The summed E-state index contributed by atoms with van der Waals surface area (Å²) in [6, 6.07) is 0. The smallest absolute Gasteiger partial charge is 0.460 e. The highest BCUT2D eigenvalue weighted by Crippen LogP contribution is 2.57. The molecule has 0 unspecified atom stereocenters. The van der Waals surface area contributed by atoms with Crippen molar-refractivity contribution in [3.05, 3.63) is 16.6 Å². The van der Waals surface area contributed by atoms with E-state index in [1.165, 1.54) is 11.3 Å². The second-order valence-electron chi connectivity index (χ2n) is 8.79. The monoisotopic (exact) mass is 492 g/mol. The highest BCUT2D eigenvalue weighted by atomic mass is 32.1. The number of nitrogens with one attached hydrogen (secondary N) is 1. The van der Waals surface area contributed by atoms with Gasteiger partial charge in [-0.3, -0.25) is 28.4 Å². The molecule has 0 aromatic carbocycles. The van der Waals surface area contributed by atoms with E-state index in [4.69, 9.17) is 23.0 Å². The van der Waals surface area contributed by atoms with E-state index in [0.717, 1.165) is 4.88 Å². The van der Waals surface area contributed by atoms with Crippen LogP contribution >= 0.6 is 19.2 Å². The van der Waals surface area contributed by atoms with Gasteiger partial charge in [0, 0.05) is 18.2 Å². The van der Waals surface area contributed by atoms with E-state index in [1.54, 1.807) is 46.3 Å². The molecule has 0 radical (unpaired) electrons. The Bertz CT molecular complexity index is 851. The quantitative estimate of drug-likeness (QED) is 0.311. The first-order valence-corrected chi connectivity index (χ1v) is 12.2. The van der Waals surface area contributed by atoms with Gasteiger partial charge in [-0.1, -0.05) is 13.8 Å². The van der Waals surface area contributed by atoms with Gasteiger partial charge in [-0.15, -0.1) is 11.3 Å². The number of phosphoric acid groups is 1. The molecule has 13 heteroatoms. The molecule has 2 atom stereocenters. The number of hydrogen-bond acceptors (Lipinski definition) is 11. The summed E-state index contributed by atoms with van der Waals surface area (Å²) in [6.45, 7) is 7.75. The Kier molecular flexibility index (Phi) is 8.95. The van der Waals surface area contributed by atoms with E-state index in [2.05, 4.69) is 10.3 Å². The van der Waals surface area contributed by atoms with Crippen LogP contribution in [0.5, 0.6) is 0 Å². The minimum atomic E-state index is -4.14. The molecule has 0 saturated carbocycles. The molecule has 2 rings (SSSR count). The molecule has 1 N–H and O–H groups in total. The van der Waals surface area contributed by atoms with Gasteiger partial charge in [0.15, 0.2) is 6.10 Å². The third kappa shape index (κ3) is 7.93. The van der Waals surface area contributed by atoms with Crippen LogP contribution in [0.2, 0.25) is 0 Å². The van der Waals surface area contributed by atoms with Crippen LogP contribution in [-0.2, 0) is 48.6 Å². The molecule has 11 nitrogen and oxygen atoms in total. The zero-order valence-corrected chi connectivity index (χ0v) is 20.5. The Balaban J connectivity index is 1.82. The van der Waals surface area contributed by atoms with Crippen molar-refractivity contribution < 1.29 is 42.0 Å². The summed E-state index contributed by atoms with van der Waals surface area (Å²) in [6.07, 6.45) is 0.383. The normalized spacial score (nSPS) is 22.7. The maximum atomic E-state index is 12.7. The Morgan fingerprint density at radius 3 is 2.66 bits per heavy atom. The highest BCUT2D eigenvalue weighted by molar-refractivity contribution is 7.48. The average Bonchev–Trinajstić information content (AvgIpc) is 3.21. The first-order valence-electron chi connectivity index (χ1n) is 9.88. The van der Waals surface area contributed by atoms with Crippen molar-refractivity contribution in [2.24, 2.45) is 10.8 Å². The zero-order chi connectivity index (χ0) is 24.0. The fourth-order valence-corrected chi connectivity index (χ4v) is 4.39. The summed E-state index contributed by atoms with van der Waals surface area (Å²) in [5.41, 5.74) is 0.0461. The van der Waals surface area contributed by atoms with Crippen LogP contribution in [0.15, 0.2) is 11.7 Å². The molecular formula is C19H29N2O9PS. The SMILES string of the molecule is CC(C)(C)C(=O)OCO[P@@]1(=O)OCC(C)(C)[C@H](C(=O)NCCC(=O)OCc2cncs2)O1. The first-order chi connectivity index (χ1) is 14.8. The average molecular weight is 492 g/mol. The summed E-state index contributed by atoms with van der Waals surface area (Å²) >= 11 is 1.37. The van der Waals surface area contributed by atoms with Gasteiger partial charge in [-0.05, 0) is 20.8 Å². The number of nitrogens with zero attached hydrogens (tertiary/aromatic N) is 1. The predicted molar refractivity (Wildman–Crippen MR) is 113 cm³/mol. The van der Waals surface area contributed by atoms with Crippen LogP contribution in [0.4, 0.5) is 0 Å². The molecule has 1 aliphatic rings. The van der Waals surface area contributed by atoms with E-state index in [1.807, 2.05) is 0 Å². The molecule has 180 valence electrons. The van der Waals surface area contributed by atoms with Gasteiger partial charge in [-0.2, -0.15) is 0 Å². The van der Waals surface area contributed by atoms with Crippen LogP contribution in [0.25, 0.3) is 0 Å². The highest BCUT2D eigenvalue weighted by Gasteiger charge is 2.49. The number of carbonyl (C=O) groups is 3. The number of phosphoric ester groups is 1. The molecule has 1 saturated heterocycles. The van der Waals surface area contributed by atoms with E-state index in [0.29, 0.717) is 0 Å². The molecular weight excluding hydrogens is 463 g/mol. The molecule has 1 fully saturated rings. The largest absolute Gasteiger partial charge is 0.478 e. The Labute approximate surface area is 190 Å². The minimum absolute atomic E-state index is 0.00546. The lowest BCUT2D eigenvalue weighted by Crippen LogP contribution is -2.50. The minimum Gasteiger partial charge on any atom is -0.460 e. The van der Waals surface area contributed by atoms with Gasteiger partial charge in [0.2, 0.25) is 12.7 Å². The molecule has 32 heavy (non-hydrogen) atoms. The van der Waals surface area contributed by atoms with Crippen molar-refractivity contribution in [2.75, 3.05) is 19.9 Å². The van der Waals surface area contributed by atoms with Crippen LogP contribution < -0.4 is 5.32 Å². The summed E-state index contributed by atoms with van der Waals surface area (Å²) < 4.78 is 38.3. The summed E-state index contributed by atoms with van der Waals surface area (Å²) in [4.78, 5) is 40.9. The molecule has 0 spiro atoms. The van der Waals surface area contributed by atoms with E-state index in [9.17, 15) is 18.9 Å². The molecule has 1 aromatic heterocycles. The van der Waals surface area contributed by atoms with Gasteiger partial charge in [0.25, 0.3) is 0 Å². The van der Waals surface area contributed by atoms with Gasteiger partial charge in [-0.25, -0.2) is 9.09 Å². The van der Waals surface area contributed by atoms with Crippen molar-refractivity contribution in [1.82, 2.24) is 10.3 Å². The van der Waals surface area contributed by atoms with Crippen LogP contribution in [-0.4, -0.2) is 48.9 Å². The number of aromatic nitrogens is 1. The summed E-state index contributed by atoms with van der Waals surface area (Å²) in [5, 5.41) is 2.57. The number of ether oxygens (including phenoxy) is 2. The van der Waals surface area contributed by atoms with Crippen LogP contribution in [0, 0.1) is 10.8 Å². The zero-order valence-electron chi connectivity index (χ0n) is 18.7. The van der Waals surface area contributed by atoms with Gasteiger partial charge in [0.05, 0.1) is 28.8 Å². The third-order valence-electron chi connectivity index (χ3n) is 4.28. The van der Waals surface area contributed by atoms with Crippen LogP contribution in [0.3, 0.4) is 0 Å². The predicted octanol–water partition coefficient (Wildman–Crippen LogP) is 2.81. The number of hydrogen-bond donors (Lipinski definition) is 1. The van der Waals surface area contributed by atoms with Gasteiger partial charge >= 0.3 is 19.8 Å². The van der Waals surface area contributed by atoms with Crippen molar-refractivity contribution in [3.8, 4) is 0 Å². The first kappa shape index (κ1) is 26.4. The Morgan fingerprint density at radius 2 is 2.03 bits per heavy atom. The van der Waals surface area contributed by atoms with Crippen molar-refractivity contribution in [1.29, 1.82) is 0 Å². The fourth-order valence-electron chi connectivity index (χ4n) is 2.37. The number of rotatable bonds is 9. The molecule has 0 aliphatic carbocycles. The Morgan fingerprint density at radius 1 is 1.31 bits per heavy atom. The summed E-state index contributed by atoms with van der Waals surface area (Å²) in [5.74, 6) is -1.62. The van der Waals surface area contributed by atoms with Crippen LogP contribution in [0.1, 0.15) is 45.9 Å². The molecule has 2 heterocycles. The maximum absolute atomic E-state index is 12.7. The topological polar surface area (TPSA) is 139 Å². The lowest BCUT2D eigenvalue weighted by atomic mass is 9.87. The number of thiazole rings is 1. The van der Waals surface area contributed by atoms with Crippen molar-refractivity contribution >= 4 is 37.0 Å². The van der Waals surface area contributed by atoms with Crippen molar-refractivity contribution in [2.45, 2.75) is 53.8 Å². The van der Waals surface area contributed by atoms with E-state index in [-0.39, 0.29) is 26.2 Å². The lowest BCUT2D eigenvalue weighted by Gasteiger charge is -2.39. The molecule has 1 aliphatic heterocycles. The Hall–Kier alpha value is -1.85. The van der Waals surface area contributed by atoms with E-state index < -0.39 is 49.4 Å². The second-order valence-corrected chi connectivity index (χ2v) is 11.4. The van der Waals surface area contributed by atoms with E-state index >= 15 is 0 Å². The number of amides is 1. The maximum Gasteiger partial charge on any atom is 0.478 e. The third-order valence-corrected chi connectivity index (χ3v) is 6.37. The molecule has 1 amide bonds.